The third kappa shape index (κ3) is 6.07. The number of nitrogens with one attached hydrogen (secondary N) is 1. The lowest BCUT2D eigenvalue weighted by Crippen LogP contribution is -2.41. The quantitative estimate of drug-likeness (QED) is 0.430. The van der Waals surface area contributed by atoms with Crippen LogP contribution < -0.4 is 20.1 Å². The monoisotopic (exact) mass is 537 g/mol. The van der Waals surface area contributed by atoms with E-state index >= 15 is 0 Å². The van der Waals surface area contributed by atoms with Crippen molar-refractivity contribution in [2.24, 2.45) is 11.8 Å². The molecule has 0 aliphatic carbocycles. The van der Waals surface area contributed by atoms with E-state index < -0.39 is 15.9 Å². The number of aromatic nitrogens is 2. The van der Waals surface area contributed by atoms with E-state index in [1.165, 1.54) is 18.2 Å². The Morgan fingerprint density at radius 2 is 1.89 bits per heavy atom. The Morgan fingerprint density at radius 1 is 1.16 bits per heavy atom. The molecular weight excluding hydrogens is 502 g/mol. The van der Waals surface area contributed by atoms with Crippen molar-refractivity contribution in [3.8, 4) is 17.0 Å². The van der Waals surface area contributed by atoms with E-state index in [-0.39, 0.29) is 21.9 Å². The van der Waals surface area contributed by atoms with Crippen molar-refractivity contribution in [2.45, 2.75) is 51.6 Å². The zero-order valence-corrected chi connectivity index (χ0v) is 23.2. The number of benzene rings is 1. The smallest absolute Gasteiger partial charge is 0.281 e. The maximum Gasteiger partial charge on any atom is 0.281 e. The van der Waals surface area contributed by atoms with Gasteiger partial charge < -0.3 is 15.4 Å². The molecule has 2 aromatic heterocycles. The van der Waals surface area contributed by atoms with E-state index in [4.69, 9.17) is 15.5 Å². The van der Waals surface area contributed by atoms with Crippen LogP contribution in [0.1, 0.15) is 51.4 Å². The van der Waals surface area contributed by atoms with E-state index in [0.717, 1.165) is 17.7 Å². The minimum Gasteiger partial charge on any atom is -0.493 e. The molecule has 0 saturated carbocycles. The minimum atomic E-state index is -4.24. The van der Waals surface area contributed by atoms with Crippen LogP contribution >= 0.6 is 0 Å². The lowest BCUT2D eigenvalue weighted by atomic mass is 9.97. The number of nitrogens with zero attached hydrogens (tertiary/aromatic N) is 3. The summed E-state index contributed by atoms with van der Waals surface area (Å²) in [6.07, 6.45) is 0.907. The maximum atomic E-state index is 13.4. The first-order valence-corrected chi connectivity index (χ1v) is 14.2. The highest BCUT2D eigenvalue weighted by molar-refractivity contribution is 7.90. The lowest BCUT2D eigenvalue weighted by molar-refractivity contribution is 0.0981. The van der Waals surface area contributed by atoms with E-state index in [1.807, 2.05) is 24.3 Å². The van der Waals surface area contributed by atoms with Crippen LogP contribution in [-0.4, -0.2) is 43.0 Å². The third-order valence-corrected chi connectivity index (χ3v) is 7.64. The summed E-state index contributed by atoms with van der Waals surface area (Å²) in [6, 6.07) is 15.2. The summed E-state index contributed by atoms with van der Waals surface area (Å²) in [5.41, 5.74) is 7.02. The number of pyridine rings is 2. The molecule has 4 rings (SSSR count). The zero-order valence-electron chi connectivity index (χ0n) is 22.4. The number of carbonyl (C=O) groups is 1. The molecular formula is C28H35N5O4S. The van der Waals surface area contributed by atoms with Crippen molar-refractivity contribution in [3.05, 3.63) is 60.2 Å². The number of amides is 1. The SMILES string of the molecule is CC(C)COc1cccc(-c2ccc(C(=O)NS(=O)(=O)c3cccc(N)n3)c(N3C[C@@H](C)CC3(C)C)n2)c1. The molecule has 0 spiro atoms. The second kappa shape index (κ2) is 10.6. The van der Waals surface area contributed by atoms with Crippen LogP contribution in [0.4, 0.5) is 11.6 Å². The van der Waals surface area contributed by atoms with Crippen molar-refractivity contribution in [1.29, 1.82) is 0 Å². The molecule has 0 radical (unpaired) electrons. The first kappa shape index (κ1) is 27.4. The van der Waals surface area contributed by atoms with Gasteiger partial charge in [-0.2, -0.15) is 8.42 Å². The summed E-state index contributed by atoms with van der Waals surface area (Å²) in [5, 5.41) is -0.328. The molecule has 0 bridgehead atoms. The van der Waals surface area contributed by atoms with E-state index in [9.17, 15) is 13.2 Å². The van der Waals surface area contributed by atoms with Crippen LogP contribution in [-0.2, 0) is 10.0 Å². The predicted molar refractivity (Wildman–Crippen MR) is 149 cm³/mol. The first-order chi connectivity index (χ1) is 17.9. The Kier molecular flexibility index (Phi) is 7.64. The Hall–Kier alpha value is -3.66. The van der Waals surface area contributed by atoms with Gasteiger partial charge in [0.25, 0.3) is 15.9 Å². The molecule has 38 heavy (non-hydrogen) atoms. The van der Waals surface area contributed by atoms with Gasteiger partial charge in [-0.25, -0.2) is 14.7 Å². The van der Waals surface area contributed by atoms with Gasteiger partial charge in [-0.3, -0.25) is 4.79 Å². The van der Waals surface area contributed by atoms with Crippen LogP contribution in [0.15, 0.2) is 59.6 Å². The lowest BCUT2D eigenvalue weighted by Gasteiger charge is -2.34. The number of nitrogen functional groups attached to an aromatic ring is 1. The van der Waals surface area contributed by atoms with Crippen molar-refractivity contribution in [1.82, 2.24) is 14.7 Å². The number of anilines is 2. The van der Waals surface area contributed by atoms with Gasteiger partial charge in [-0.1, -0.05) is 39.0 Å². The first-order valence-electron chi connectivity index (χ1n) is 12.7. The zero-order chi connectivity index (χ0) is 27.7. The van der Waals surface area contributed by atoms with Crippen molar-refractivity contribution < 1.29 is 17.9 Å². The fraction of sp³-hybridized carbons (Fsp3) is 0.393. The molecule has 1 saturated heterocycles. The highest BCUT2D eigenvalue weighted by atomic mass is 32.2. The molecule has 1 fully saturated rings. The highest BCUT2D eigenvalue weighted by Gasteiger charge is 2.39. The summed E-state index contributed by atoms with van der Waals surface area (Å²) in [5.74, 6) is 1.18. The molecule has 1 aromatic carbocycles. The molecule has 202 valence electrons. The standard InChI is InChI=1S/C28H35N5O4S/c1-18(2)17-37-21-9-6-8-20(14-21)23-13-12-22(26(30-23)33-16-19(3)15-28(33,4)5)27(34)32-38(35,36)25-11-7-10-24(29)31-25/h6-14,18-19H,15-17H2,1-5H3,(H2,29,31)(H,32,34)/t19-/m0/s1. The molecule has 1 aliphatic heterocycles. The van der Waals surface area contributed by atoms with Crippen LogP contribution in [0.25, 0.3) is 11.3 Å². The predicted octanol–water partition coefficient (Wildman–Crippen LogP) is 4.50. The summed E-state index contributed by atoms with van der Waals surface area (Å²) in [7, 11) is -4.24. The van der Waals surface area contributed by atoms with Crippen molar-refractivity contribution >= 4 is 27.6 Å². The van der Waals surface area contributed by atoms with Gasteiger partial charge in [0, 0.05) is 17.6 Å². The Labute approximate surface area is 224 Å². The van der Waals surface area contributed by atoms with Crippen LogP contribution in [0.5, 0.6) is 5.75 Å². The molecule has 0 unspecified atom stereocenters. The van der Waals surface area contributed by atoms with Crippen LogP contribution in [0.2, 0.25) is 0 Å². The molecule has 3 aromatic rings. The van der Waals surface area contributed by atoms with Gasteiger partial charge in [-0.05, 0) is 68.5 Å². The van der Waals surface area contributed by atoms with Crippen molar-refractivity contribution in [3.63, 3.8) is 0 Å². The fourth-order valence-electron chi connectivity index (χ4n) is 4.77. The average molecular weight is 538 g/mol. The summed E-state index contributed by atoms with van der Waals surface area (Å²) >= 11 is 0. The summed E-state index contributed by atoms with van der Waals surface area (Å²) in [6.45, 7) is 11.8. The summed E-state index contributed by atoms with van der Waals surface area (Å²) < 4.78 is 33.9. The third-order valence-electron chi connectivity index (χ3n) is 6.41. The normalized spacial score (nSPS) is 17.0. The van der Waals surface area contributed by atoms with Crippen LogP contribution in [0.3, 0.4) is 0 Å². The van der Waals surface area contributed by atoms with E-state index in [1.54, 1.807) is 12.1 Å². The number of rotatable bonds is 8. The van der Waals surface area contributed by atoms with Gasteiger partial charge in [0.1, 0.15) is 17.4 Å². The van der Waals surface area contributed by atoms with Gasteiger partial charge in [0.05, 0.1) is 17.9 Å². The maximum absolute atomic E-state index is 13.4. The largest absolute Gasteiger partial charge is 0.493 e. The molecule has 3 N–H and O–H groups in total. The summed E-state index contributed by atoms with van der Waals surface area (Å²) in [4.78, 5) is 24.2. The number of ether oxygens (including phenoxy) is 1. The second-order valence-electron chi connectivity index (χ2n) is 10.9. The Balaban J connectivity index is 1.74. The molecule has 1 aliphatic rings. The number of hydrogen-bond acceptors (Lipinski definition) is 8. The fourth-order valence-corrected chi connectivity index (χ4v) is 5.71. The van der Waals surface area contributed by atoms with E-state index in [0.29, 0.717) is 36.5 Å². The Bertz CT molecular complexity index is 1440. The van der Waals surface area contributed by atoms with Gasteiger partial charge >= 0.3 is 0 Å². The molecule has 9 nitrogen and oxygen atoms in total. The minimum absolute atomic E-state index is 0.0411. The van der Waals surface area contributed by atoms with E-state index in [2.05, 4.69) is 49.2 Å². The molecule has 3 heterocycles. The van der Waals surface area contributed by atoms with Crippen LogP contribution in [0, 0.1) is 11.8 Å². The van der Waals surface area contributed by atoms with Gasteiger partial charge in [0.15, 0.2) is 5.03 Å². The topological polar surface area (TPSA) is 128 Å². The van der Waals surface area contributed by atoms with Crippen molar-refractivity contribution in [2.75, 3.05) is 23.8 Å². The molecule has 10 heteroatoms. The number of carbonyl (C=O) groups excluding carboxylic acids is 1. The van der Waals surface area contributed by atoms with Gasteiger partial charge in [0.2, 0.25) is 0 Å². The number of sulfonamides is 1. The second-order valence-corrected chi connectivity index (χ2v) is 12.5. The number of hydrogen-bond donors (Lipinski definition) is 2. The highest BCUT2D eigenvalue weighted by Crippen LogP contribution is 2.38. The average Bonchev–Trinajstić information content (AvgIpc) is 3.13. The molecule has 1 amide bonds. The van der Waals surface area contributed by atoms with Gasteiger partial charge in [-0.15, -0.1) is 0 Å². The number of nitrogens with two attached hydrogens (primary N) is 1. The Morgan fingerprint density at radius 3 is 2.55 bits per heavy atom. The molecule has 1 atom stereocenters.